The van der Waals surface area contributed by atoms with E-state index in [0.29, 0.717) is 55.1 Å². The second kappa shape index (κ2) is 9.27. The lowest BCUT2D eigenvalue weighted by Gasteiger charge is -2.37. The molecule has 9 nitrogen and oxygen atoms in total. The fourth-order valence-electron chi connectivity index (χ4n) is 5.77. The summed E-state index contributed by atoms with van der Waals surface area (Å²) >= 11 is 0. The van der Waals surface area contributed by atoms with Crippen molar-refractivity contribution in [2.75, 3.05) is 50.8 Å². The third-order valence-corrected chi connectivity index (χ3v) is 7.52. The highest BCUT2D eigenvalue weighted by Crippen LogP contribution is 2.53. The van der Waals surface area contributed by atoms with E-state index in [9.17, 15) is 19.5 Å². The lowest BCUT2D eigenvalue weighted by atomic mass is 9.81. The third-order valence-electron chi connectivity index (χ3n) is 7.52. The van der Waals surface area contributed by atoms with Crippen LogP contribution < -0.4 is 4.90 Å². The smallest absolute Gasteiger partial charge is 0.290 e. The zero-order valence-corrected chi connectivity index (χ0v) is 20.8. The Kier molecular flexibility index (Phi) is 5.89. The molecular formula is C29H27N3O6. The first-order valence-corrected chi connectivity index (χ1v) is 12.6. The number of rotatable bonds is 7. The highest BCUT2D eigenvalue weighted by atomic mass is 16.5. The van der Waals surface area contributed by atoms with E-state index in [1.165, 1.54) is 9.80 Å². The highest BCUT2D eigenvalue weighted by molar-refractivity contribution is 6.26. The largest absolute Gasteiger partial charge is 0.503 e. The molecule has 1 saturated heterocycles. The van der Waals surface area contributed by atoms with Gasteiger partial charge in [0.25, 0.3) is 11.8 Å². The second-order valence-corrected chi connectivity index (χ2v) is 9.54. The topological polar surface area (TPSA) is 104 Å². The number of hydrogen-bond acceptors (Lipinski definition) is 7. The van der Waals surface area contributed by atoms with Crippen LogP contribution in [0.25, 0.3) is 11.0 Å². The molecule has 1 spiro atoms. The van der Waals surface area contributed by atoms with Crippen molar-refractivity contribution in [2.24, 2.45) is 0 Å². The summed E-state index contributed by atoms with van der Waals surface area (Å²) in [6, 6.07) is 15.8. The van der Waals surface area contributed by atoms with Gasteiger partial charge in [0.05, 0.1) is 24.5 Å². The molecule has 0 radical (unpaired) electrons. The number of aliphatic hydroxyl groups excluding tert-OH is 1. The molecule has 0 saturated carbocycles. The number of amides is 2. The molecule has 4 heterocycles. The monoisotopic (exact) mass is 513 g/mol. The number of para-hydroxylation sites is 2. The van der Waals surface area contributed by atoms with E-state index >= 15 is 0 Å². The molecule has 1 atom stereocenters. The van der Waals surface area contributed by atoms with E-state index in [1.807, 2.05) is 6.07 Å². The van der Waals surface area contributed by atoms with Crippen molar-refractivity contribution in [3.63, 3.8) is 0 Å². The Labute approximate surface area is 219 Å². The van der Waals surface area contributed by atoms with Crippen LogP contribution in [-0.2, 0) is 19.9 Å². The lowest BCUT2D eigenvalue weighted by Crippen LogP contribution is -2.56. The van der Waals surface area contributed by atoms with Crippen molar-refractivity contribution in [2.45, 2.75) is 5.54 Å². The minimum absolute atomic E-state index is 0.0533. The van der Waals surface area contributed by atoms with Crippen molar-refractivity contribution >= 4 is 34.3 Å². The van der Waals surface area contributed by atoms with Gasteiger partial charge < -0.3 is 24.1 Å². The predicted octanol–water partition coefficient (Wildman–Crippen LogP) is 3.03. The van der Waals surface area contributed by atoms with Crippen LogP contribution in [0.4, 0.5) is 5.69 Å². The zero-order chi connectivity index (χ0) is 26.4. The number of anilines is 1. The molecule has 194 valence electrons. The molecule has 9 heteroatoms. The molecule has 6 rings (SSSR count). The minimum Gasteiger partial charge on any atom is -0.503 e. The number of Topliss-reactive ketones (excluding diaryl/α,β-unsaturated/α-hetero) is 1. The van der Waals surface area contributed by atoms with E-state index in [1.54, 1.807) is 54.6 Å². The quantitative estimate of drug-likeness (QED) is 0.383. The summed E-state index contributed by atoms with van der Waals surface area (Å²) in [7, 11) is 0. The summed E-state index contributed by atoms with van der Waals surface area (Å²) in [5, 5.41) is 12.0. The van der Waals surface area contributed by atoms with E-state index in [0.717, 1.165) is 0 Å². The molecule has 1 aromatic heterocycles. The molecule has 38 heavy (non-hydrogen) atoms. The van der Waals surface area contributed by atoms with Gasteiger partial charge in [-0.05, 0) is 18.2 Å². The number of nitrogens with zero attached hydrogens (tertiary/aromatic N) is 3. The van der Waals surface area contributed by atoms with Crippen LogP contribution >= 0.6 is 0 Å². The van der Waals surface area contributed by atoms with Gasteiger partial charge >= 0.3 is 0 Å². The normalized spacial score (nSPS) is 21.7. The molecule has 1 N–H and O–H groups in total. The van der Waals surface area contributed by atoms with Gasteiger partial charge in [0, 0.05) is 43.7 Å². The van der Waals surface area contributed by atoms with Gasteiger partial charge in [0.2, 0.25) is 5.78 Å². The van der Waals surface area contributed by atoms with E-state index in [4.69, 9.17) is 9.15 Å². The number of morpholine rings is 1. The first-order valence-electron chi connectivity index (χ1n) is 12.6. The Morgan fingerprint density at radius 3 is 2.55 bits per heavy atom. The van der Waals surface area contributed by atoms with E-state index in [-0.39, 0.29) is 24.4 Å². The maximum absolute atomic E-state index is 14.4. The van der Waals surface area contributed by atoms with Crippen LogP contribution in [0.3, 0.4) is 0 Å². The van der Waals surface area contributed by atoms with Crippen LogP contribution in [-0.4, -0.2) is 78.4 Å². The number of hydrogen-bond donors (Lipinski definition) is 1. The number of furan rings is 1. The Morgan fingerprint density at radius 1 is 1.05 bits per heavy atom. The Balaban J connectivity index is 1.51. The number of benzene rings is 2. The molecule has 3 aliphatic heterocycles. The number of carbonyl (C=O) groups excluding carboxylic acids is 3. The molecule has 2 amide bonds. The number of ketones is 1. The molecule has 0 aliphatic carbocycles. The van der Waals surface area contributed by atoms with Crippen LogP contribution in [0.2, 0.25) is 0 Å². The average Bonchev–Trinajstić information content (AvgIpc) is 3.55. The summed E-state index contributed by atoms with van der Waals surface area (Å²) < 4.78 is 11.3. The number of aliphatic hydroxyl groups is 1. The summed E-state index contributed by atoms with van der Waals surface area (Å²) in [6.45, 7) is 7.06. The van der Waals surface area contributed by atoms with Crippen molar-refractivity contribution in [1.82, 2.24) is 9.80 Å². The number of carbonyl (C=O) groups is 3. The van der Waals surface area contributed by atoms with Crippen LogP contribution in [0, 0.1) is 0 Å². The first kappa shape index (κ1) is 24.1. The molecular weight excluding hydrogens is 486 g/mol. The molecule has 0 bridgehead atoms. The summed E-state index contributed by atoms with van der Waals surface area (Å²) in [5.74, 6) is -2.74. The summed E-state index contributed by atoms with van der Waals surface area (Å²) in [4.78, 5) is 47.1. The molecule has 0 unspecified atom stereocenters. The second-order valence-electron chi connectivity index (χ2n) is 9.54. The standard InChI is InChI=1S/C29H27N3O6/c1-2-11-31-21-9-5-4-8-20(21)29(28(31)36)24(25(33)23-18-19-7-3-6-10-22(19)38-23)26(34)27(35)32(29)13-12-30-14-16-37-17-15-30/h2-10,18,34H,1,11-17H2/t29-/m1/s1. The van der Waals surface area contributed by atoms with Crippen molar-refractivity contribution < 1.29 is 28.6 Å². The van der Waals surface area contributed by atoms with Gasteiger partial charge in [-0.3, -0.25) is 19.3 Å². The van der Waals surface area contributed by atoms with Crippen molar-refractivity contribution in [3.05, 3.63) is 89.9 Å². The number of ether oxygens (including phenoxy) is 1. The molecule has 2 aromatic carbocycles. The van der Waals surface area contributed by atoms with Gasteiger partial charge in [-0.1, -0.05) is 42.5 Å². The van der Waals surface area contributed by atoms with Crippen LogP contribution in [0.15, 0.2) is 83.0 Å². The van der Waals surface area contributed by atoms with Crippen molar-refractivity contribution in [1.29, 1.82) is 0 Å². The van der Waals surface area contributed by atoms with Gasteiger partial charge in [0.1, 0.15) is 5.58 Å². The van der Waals surface area contributed by atoms with Crippen molar-refractivity contribution in [3.8, 4) is 0 Å². The summed E-state index contributed by atoms with van der Waals surface area (Å²) in [6.07, 6.45) is 1.59. The van der Waals surface area contributed by atoms with Gasteiger partial charge in [-0.15, -0.1) is 6.58 Å². The Bertz CT molecular complexity index is 1470. The molecule has 1 fully saturated rings. The zero-order valence-electron chi connectivity index (χ0n) is 20.8. The maximum Gasteiger partial charge on any atom is 0.290 e. The molecule has 3 aliphatic rings. The van der Waals surface area contributed by atoms with Crippen LogP contribution in [0.5, 0.6) is 0 Å². The molecule has 3 aromatic rings. The third kappa shape index (κ3) is 3.43. The van der Waals surface area contributed by atoms with Gasteiger partial charge in [-0.25, -0.2) is 0 Å². The van der Waals surface area contributed by atoms with Gasteiger partial charge in [-0.2, -0.15) is 0 Å². The van der Waals surface area contributed by atoms with E-state index < -0.39 is 28.9 Å². The lowest BCUT2D eigenvalue weighted by molar-refractivity contribution is -0.140. The average molecular weight is 514 g/mol. The first-order chi connectivity index (χ1) is 18.5. The SMILES string of the molecule is C=CCN1C(=O)[C@]2(C(C(=O)c3cc4ccccc4o3)=C(O)C(=O)N2CCN2CCOCC2)c2ccccc21. The van der Waals surface area contributed by atoms with E-state index in [2.05, 4.69) is 11.5 Å². The van der Waals surface area contributed by atoms with Crippen LogP contribution in [0.1, 0.15) is 16.1 Å². The number of fused-ring (bicyclic) bond motifs is 3. The minimum atomic E-state index is -1.83. The fourth-order valence-corrected chi connectivity index (χ4v) is 5.77. The predicted molar refractivity (Wildman–Crippen MR) is 140 cm³/mol. The summed E-state index contributed by atoms with van der Waals surface area (Å²) in [5.41, 5.74) is -0.599. The Morgan fingerprint density at radius 2 is 1.79 bits per heavy atom. The van der Waals surface area contributed by atoms with Gasteiger partial charge in [0.15, 0.2) is 17.1 Å². The Hall–Kier alpha value is -4.21. The maximum atomic E-state index is 14.4. The fraction of sp³-hybridized carbons (Fsp3) is 0.276. The highest BCUT2D eigenvalue weighted by Gasteiger charge is 2.65.